The minimum Gasteiger partial charge on any atom is -0.494 e. The number of anilines is 1. The van der Waals surface area contributed by atoms with Gasteiger partial charge >= 0.3 is 0 Å². The maximum atomic E-state index is 13.0. The number of aryl methyl sites for hydroxylation is 1. The Morgan fingerprint density at radius 2 is 1.75 bits per heavy atom. The SMILES string of the molecule is CCOc1ccc(C(=O)Nc2ccccc2C)cc1CN(C)S(=O)(=O)c1ccc(Cl)cc1. The Hall–Kier alpha value is -2.87. The van der Waals surface area contributed by atoms with Gasteiger partial charge in [0, 0.05) is 35.4 Å². The Kier molecular flexibility index (Phi) is 7.56. The van der Waals surface area contributed by atoms with Gasteiger partial charge in [0.15, 0.2) is 0 Å². The number of nitrogens with zero attached hydrogens (tertiary/aromatic N) is 1. The van der Waals surface area contributed by atoms with E-state index in [0.29, 0.717) is 28.5 Å². The second kappa shape index (κ2) is 10.2. The normalized spacial score (nSPS) is 11.4. The van der Waals surface area contributed by atoms with Gasteiger partial charge in [0.25, 0.3) is 5.91 Å². The lowest BCUT2D eigenvalue weighted by molar-refractivity contribution is 0.102. The molecule has 0 bridgehead atoms. The second-order valence-electron chi connectivity index (χ2n) is 7.24. The summed E-state index contributed by atoms with van der Waals surface area (Å²) in [5.74, 6) is 0.241. The molecule has 168 valence electrons. The Morgan fingerprint density at radius 3 is 2.41 bits per heavy atom. The first-order valence-electron chi connectivity index (χ1n) is 10.1. The Balaban J connectivity index is 1.88. The van der Waals surface area contributed by atoms with E-state index in [9.17, 15) is 13.2 Å². The lowest BCUT2D eigenvalue weighted by Crippen LogP contribution is -2.27. The highest BCUT2D eigenvalue weighted by atomic mass is 35.5. The van der Waals surface area contributed by atoms with Gasteiger partial charge in [-0.1, -0.05) is 29.8 Å². The summed E-state index contributed by atoms with van der Waals surface area (Å²) >= 11 is 5.88. The zero-order chi connectivity index (χ0) is 23.3. The molecule has 0 aliphatic heterocycles. The van der Waals surface area contributed by atoms with Crippen LogP contribution in [0.3, 0.4) is 0 Å². The highest BCUT2D eigenvalue weighted by Gasteiger charge is 2.23. The van der Waals surface area contributed by atoms with Gasteiger partial charge < -0.3 is 10.1 Å². The third kappa shape index (κ3) is 5.48. The smallest absolute Gasteiger partial charge is 0.255 e. The molecule has 1 N–H and O–H groups in total. The van der Waals surface area contributed by atoms with Gasteiger partial charge in [-0.05, 0) is 67.9 Å². The third-order valence-electron chi connectivity index (χ3n) is 4.93. The molecule has 0 aliphatic rings. The number of ether oxygens (including phenoxy) is 1. The summed E-state index contributed by atoms with van der Waals surface area (Å²) in [6.07, 6.45) is 0. The summed E-state index contributed by atoms with van der Waals surface area (Å²) in [5.41, 5.74) is 2.66. The minimum atomic E-state index is -3.75. The molecule has 6 nitrogen and oxygen atoms in total. The number of hydrogen-bond acceptors (Lipinski definition) is 4. The van der Waals surface area contributed by atoms with Crippen LogP contribution in [0.15, 0.2) is 71.6 Å². The number of rotatable bonds is 8. The monoisotopic (exact) mass is 472 g/mol. The molecule has 0 saturated carbocycles. The molecule has 32 heavy (non-hydrogen) atoms. The van der Waals surface area contributed by atoms with Gasteiger partial charge in [-0.25, -0.2) is 8.42 Å². The predicted octanol–water partition coefficient (Wildman–Crippen LogP) is 5.12. The number of amides is 1. The van der Waals surface area contributed by atoms with Crippen LogP contribution >= 0.6 is 11.6 Å². The van der Waals surface area contributed by atoms with Crippen molar-refractivity contribution in [3.63, 3.8) is 0 Å². The number of halogens is 1. The Labute approximate surface area is 193 Å². The molecule has 1 amide bonds. The van der Waals surface area contributed by atoms with Crippen molar-refractivity contribution in [3.05, 3.63) is 88.4 Å². The average Bonchev–Trinajstić information content (AvgIpc) is 2.77. The van der Waals surface area contributed by atoms with Crippen molar-refractivity contribution in [1.29, 1.82) is 0 Å². The summed E-state index contributed by atoms with van der Waals surface area (Å²) in [6.45, 7) is 4.20. The zero-order valence-corrected chi connectivity index (χ0v) is 19.7. The summed E-state index contributed by atoms with van der Waals surface area (Å²) in [6, 6.07) is 18.5. The average molecular weight is 473 g/mol. The van der Waals surface area contributed by atoms with Gasteiger partial charge in [0.2, 0.25) is 10.0 Å². The Bertz CT molecular complexity index is 1210. The van der Waals surface area contributed by atoms with E-state index in [4.69, 9.17) is 16.3 Å². The molecule has 0 aromatic heterocycles. The van der Waals surface area contributed by atoms with Crippen LogP contribution in [0.1, 0.15) is 28.4 Å². The zero-order valence-electron chi connectivity index (χ0n) is 18.1. The lowest BCUT2D eigenvalue weighted by Gasteiger charge is -2.20. The fourth-order valence-corrected chi connectivity index (χ4v) is 4.43. The quantitative estimate of drug-likeness (QED) is 0.493. The highest BCUT2D eigenvalue weighted by molar-refractivity contribution is 7.89. The number of benzene rings is 3. The molecular formula is C24H25ClN2O4S. The van der Waals surface area contributed by atoms with E-state index < -0.39 is 10.0 Å². The number of carbonyl (C=O) groups excluding carboxylic acids is 1. The first-order chi connectivity index (χ1) is 15.2. The van der Waals surface area contributed by atoms with E-state index in [2.05, 4.69) is 5.32 Å². The van der Waals surface area contributed by atoms with Crippen LogP contribution in [-0.2, 0) is 16.6 Å². The number of carbonyl (C=O) groups is 1. The molecule has 0 unspecified atom stereocenters. The van der Waals surface area contributed by atoms with Crippen LogP contribution in [0.2, 0.25) is 5.02 Å². The predicted molar refractivity (Wildman–Crippen MR) is 127 cm³/mol. The van der Waals surface area contributed by atoms with Gasteiger partial charge in [0.1, 0.15) is 5.75 Å². The molecule has 3 aromatic rings. The maximum absolute atomic E-state index is 13.0. The molecule has 0 aliphatic carbocycles. The van der Waals surface area contributed by atoms with Crippen molar-refractivity contribution in [2.45, 2.75) is 25.3 Å². The lowest BCUT2D eigenvalue weighted by atomic mass is 10.1. The maximum Gasteiger partial charge on any atom is 0.255 e. The van der Waals surface area contributed by atoms with E-state index in [1.54, 1.807) is 18.2 Å². The molecule has 8 heteroatoms. The van der Waals surface area contributed by atoms with Crippen LogP contribution in [0.25, 0.3) is 0 Å². The molecule has 0 saturated heterocycles. The number of para-hydroxylation sites is 1. The first-order valence-corrected chi connectivity index (χ1v) is 11.9. The molecule has 0 heterocycles. The largest absolute Gasteiger partial charge is 0.494 e. The van der Waals surface area contributed by atoms with Crippen molar-refractivity contribution < 1.29 is 17.9 Å². The molecule has 0 fully saturated rings. The number of hydrogen-bond donors (Lipinski definition) is 1. The number of sulfonamides is 1. The van der Waals surface area contributed by atoms with Gasteiger partial charge in [-0.15, -0.1) is 0 Å². The van der Waals surface area contributed by atoms with E-state index in [0.717, 1.165) is 11.3 Å². The minimum absolute atomic E-state index is 0.0335. The first kappa shape index (κ1) is 23.8. The molecule has 0 radical (unpaired) electrons. The highest BCUT2D eigenvalue weighted by Crippen LogP contribution is 2.26. The van der Waals surface area contributed by atoms with Crippen molar-refractivity contribution in [1.82, 2.24) is 4.31 Å². The van der Waals surface area contributed by atoms with Crippen LogP contribution in [0, 0.1) is 6.92 Å². The van der Waals surface area contributed by atoms with Crippen LogP contribution < -0.4 is 10.1 Å². The summed E-state index contributed by atoms with van der Waals surface area (Å²) < 4.78 is 32.8. The van der Waals surface area contributed by atoms with Gasteiger partial charge in [0.05, 0.1) is 11.5 Å². The van der Waals surface area contributed by atoms with E-state index in [1.165, 1.54) is 35.6 Å². The van der Waals surface area contributed by atoms with Gasteiger partial charge in [-0.2, -0.15) is 4.31 Å². The molecule has 0 atom stereocenters. The second-order valence-corrected chi connectivity index (χ2v) is 9.72. The van der Waals surface area contributed by atoms with E-state index in [-0.39, 0.29) is 17.3 Å². The molecule has 3 rings (SSSR count). The van der Waals surface area contributed by atoms with Crippen molar-refractivity contribution >= 4 is 33.2 Å². The van der Waals surface area contributed by atoms with Gasteiger partial charge in [-0.3, -0.25) is 4.79 Å². The van der Waals surface area contributed by atoms with E-state index in [1.807, 2.05) is 38.1 Å². The van der Waals surface area contributed by atoms with Crippen molar-refractivity contribution in [2.75, 3.05) is 19.0 Å². The topological polar surface area (TPSA) is 75.7 Å². The van der Waals surface area contributed by atoms with Crippen LogP contribution in [0.4, 0.5) is 5.69 Å². The Morgan fingerprint density at radius 1 is 1.06 bits per heavy atom. The third-order valence-corrected chi connectivity index (χ3v) is 7.00. The molecule has 0 spiro atoms. The fraction of sp³-hybridized carbons (Fsp3) is 0.208. The van der Waals surface area contributed by atoms with E-state index >= 15 is 0 Å². The van der Waals surface area contributed by atoms with Crippen LogP contribution in [-0.4, -0.2) is 32.3 Å². The summed E-state index contributed by atoms with van der Waals surface area (Å²) in [7, 11) is -2.27. The molecule has 3 aromatic carbocycles. The summed E-state index contributed by atoms with van der Waals surface area (Å²) in [5, 5.41) is 3.35. The molecular weight excluding hydrogens is 448 g/mol. The van der Waals surface area contributed by atoms with Crippen molar-refractivity contribution in [3.8, 4) is 5.75 Å². The van der Waals surface area contributed by atoms with Crippen LogP contribution in [0.5, 0.6) is 5.75 Å². The fourth-order valence-electron chi connectivity index (χ4n) is 3.16. The number of nitrogens with one attached hydrogen (secondary N) is 1. The van der Waals surface area contributed by atoms with Crippen molar-refractivity contribution in [2.24, 2.45) is 0 Å². The standard InChI is InChI=1S/C24H25ClN2O4S/c1-4-31-23-14-9-18(24(28)26-22-8-6-5-7-17(22)2)15-19(23)16-27(3)32(29,30)21-12-10-20(25)11-13-21/h5-15H,4,16H2,1-3H3,(H,26,28). The summed E-state index contributed by atoms with van der Waals surface area (Å²) in [4.78, 5) is 13.0.